The van der Waals surface area contributed by atoms with Gasteiger partial charge in [0.05, 0.1) is 13.1 Å². The van der Waals surface area contributed by atoms with Crippen molar-refractivity contribution in [3.05, 3.63) is 77.9 Å². The zero-order valence-electron chi connectivity index (χ0n) is 18.4. The molecule has 1 fully saturated rings. The molecule has 30 heavy (non-hydrogen) atoms. The monoisotopic (exact) mass is 407 g/mol. The molecule has 2 aromatic rings. The number of nitrogens with one attached hydrogen (secondary N) is 1. The Hall–Kier alpha value is -2.59. The topological polar surface area (TPSA) is 34.0 Å². The molecule has 1 N–H and O–H groups in total. The molecule has 1 amide bonds. The molecule has 1 heterocycles. The smallest absolute Gasteiger partial charge is 0.226 e. The van der Waals surface area contributed by atoms with Crippen LogP contribution in [0, 0.1) is 5.92 Å². The number of quaternary nitrogens is 1. The van der Waals surface area contributed by atoms with Crippen LogP contribution >= 0.6 is 0 Å². The molecule has 4 nitrogen and oxygen atoms in total. The Morgan fingerprint density at radius 1 is 1.07 bits per heavy atom. The molecule has 0 aromatic heterocycles. The summed E-state index contributed by atoms with van der Waals surface area (Å²) in [4.78, 5) is 16.3. The third-order valence-corrected chi connectivity index (χ3v) is 5.82. The molecule has 1 aliphatic rings. The van der Waals surface area contributed by atoms with Crippen molar-refractivity contribution in [1.82, 2.24) is 4.90 Å². The molecule has 0 aliphatic carbocycles. The fourth-order valence-corrected chi connectivity index (χ4v) is 4.11. The largest absolute Gasteiger partial charge is 0.489 e. The summed E-state index contributed by atoms with van der Waals surface area (Å²) in [5.74, 6) is 1.38. The Morgan fingerprint density at radius 2 is 1.73 bits per heavy atom. The Kier molecular flexibility index (Phi) is 8.09. The minimum Gasteiger partial charge on any atom is -0.489 e. The molecule has 160 valence electrons. The van der Waals surface area contributed by atoms with Gasteiger partial charge in [0.1, 0.15) is 18.9 Å². The lowest BCUT2D eigenvalue weighted by molar-refractivity contribution is -0.919. The first-order chi connectivity index (χ1) is 14.5. The van der Waals surface area contributed by atoms with E-state index in [2.05, 4.69) is 49.9 Å². The van der Waals surface area contributed by atoms with E-state index >= 15 is 0 Å². The van der Waals surface area contributed by atoms with E-state index < -0.39 is 0 Å². The van der Waals surface area contributed by atoms with Crippen LogP contribution in [0.4, 0.5) is 0 Å². The third-order valence-electron chi connectivity index (χ3n) is 5.82. The molecular weight excluding hydrogens is 372 g/mol. The maximum absolute atomic E-state index is 12.8. The highest BCUT2D eigenvalue weighted by Gasteiger charge is 2.30. The number of likely N-dealkylation sites (N-methyl/N-ethyl adjacent to an activating group) is 1. The maximum atomic E-state index is 12.8. The van der Waals surface area contributed by atoms with Crippen molar-refractivity contribution in [2.75, 3.05) is 26.2 Å². The summed E-state index contributed by atoms with van der Waals surface area (Å²) in [5, 5.41) is 0. The SMILES string of the molecule is C=C(C)CN(CC)C(=O)C1CC[NH+](Cc2ccc(OCc3ccccc3)cc2)CC1. The van der Waals surface area contributed by atoms with Gasteiger partial charge in [-0.3, -0.25) is 4.79 Å². The fourth-order valence-electron chi connectivity index (χ4n) is 4.11. The van der Waals surface area contributed by atoms with Gasteiger partial charge in [0.15, 0.2) is 0 Å². The van der Waals surface area contributed by atoms with Crippen LogP contribution in [0.5, 0.6) is 5.75 Å². The van der Waals surface area contributed by atoms with Crippen molar-refractivity contribution < 1.29 is 14.4 Å². The molecule has 0 radical (unpaired) electrons. The lowest BCUT2D eigenvalue weighted by Crippen LogP contribution is -3.11. The van der Waals surface area contributed by atoms with Crippen molar-refractivity contribution in [1.29, 1.82) is 0 Å². The fraction of sp³-hybridized carbons (Fsp3) is 0.423. The minimum absolute atomic E-state index is 0.168. The molecule has 0 saturated carbocycles. The van der Waals surface area contributed by atoms with E-state index in [1.54, 1.807) is 4.90 Å². The first-order valence-corrected chi connectivity index (χ1v) is 11.1. The van der Waals surface area contributed by atoms with Crippen LogP contribution in [0.3, 0.4) is 0 Å². The normalized spacial score (nSPS) is 18.6. The van der Waals surface area contributed by atoms with Gasteiger partial charge < -0.3 is 14.5 Å². The number of amides is 1. The highest BCUT2D eigenvalue weighted by Crippen LogP contribution is 2.16. The number of nitrogens with zero attached hydrogens (tertiary/aromatic N) is 1. The summed E-state index contributed by atoms with van der Waals surface area (Å²) < 4.78 is 5.88. The lowest BCUT2D eigenvalue weighted by atomic mass is 9.94. The number of carbonyl (C=O) groups excluding carboxylic acids is 1. The van der Waals surface area contributed by atoms with Crippen LogP contribution < -0.4 is 9.64 Å². The Morgan fingerprint density at radius 3 is 2.33 bits per heavy atom. The molecule has 1 aliphatic heterocycles. The van der Waals surface area contributed by atoms with Crippen molar-refractivity contribution in [2.45, 2.75) is 39.8 Å². The van der Waals surface area contributed by atoms with Gasteiger partial charge in [-0.05, 0) is 43.7 Å². The van der Waals surface area contributed by atoms with E-state index in [-0.39, 0.29) is 5.92 Å². The number of rotatable bonds is 9. The van der Waals surface area contributed by atoms with Crippen LogP contribution in [0.1, 0.15) is 37.8 Å². The maximum Gasteiger partial charge on any atom is 0.226 e. The van der Waals surface area contributed by atoms with E-state index in [4.69, 9.17) is 4.74 Å². The average Bonchev–Trinajstić information content (AvgIpc) is 2.77. The van der Waals surface area contributed by atoms with Crippen molar-refractivity contribution in [2.24, 2.45) is 5.92 Å². The Labute approximate surface area is 181 Å². The van der Waals surface area contributed by atoms with Crippen molar-refractivity contribution >= 4 is 5.91 Å². The van der Waals surface area contributed by atoms with Crippen LogP contribution in [-0.4, -0.2) is 37.0 Å². The van der Waals surface area contributed by atoms with Crippen molar-refractivity contribution in [3.8, 4) is 5.75 Å². The second-order valence-electron chi connectivity index (χ2n) is 8.43. The number of hydrogen-bond acceptors (Lipinski definition) is 2. The zero-order valence-corrected chi connectivity index (χ0v) is 18.4. The van der Waals surface area contributed by atoms with Gasteiger partial charge in [-0.15, -0.1) is 0 Å². The summed E-state index contributed by atoms with van der Waals surface area (Å²) >= 11 is 0. The summed E-state index contributed by atoms with van der Waals surface area (Å²) in [6.07, 6.45) is 1.94. The molecule has 1 saturated heterocycles. The van der Waals surface area contributed by atoms with E-state index in [0.29, 0.717) is 19.1 Å². The summed E-state index contributed by atoms with van der Waals surface area (Å²) in [7, 11) is 0. The average molecular weight is 408 g/mol. The van der Waals surface area contributed by atoms with Gasteiger partial charge >= 0.3 is 0 Å². The standard InChI is InChI=1S/C26H34N2O2/c1-4-28(18-21(2)3)26(29)24-14-16-27(17-15-24)19-22-10-12-25(13-11-22)30-20-23-8-6-5-7-9-23/h5-13,24H,2,4,14-20H2,1,3H3/p+1. The molecule has 0 unspecified atom stereocenters. The second-order valence-corrected chi connectivity index (χ2v) is 8.43. The molecule has 0 bridgehead atoms. The quantitative estimate of drug-likeness (QED) is 0.646. The third kappa shape index (κ3) is 6.46. The molecule has 0 atom stereocenters. The first-order valence-electron chi connectivity index (χ1n) is 11.1. The van der Waals surface area contributed by atoms with Crippen molar-refractivity contribution in [3.63, 3.8) is 0 Å². The molecule has 2 aromatic carbocycles. The Balaban J connectivity index is 1.44. The van der Waals surface area contributed by atoms with Crippen LogP contribution in [0.15, 0.2) is 66.7 Å². The first kappa shape index (κ1) is 22.1. The second kappa shape index (κ2) is 11.0. The van der Waals surface area contributed by atoms with Gasteiger partial charge in [0.2, 0.25) is 5.91 Å². The van der Waals surface area contributed by atoms with E-state index in [9.17, 15) is 4.79 Å². The van der Waals surface area contributed by atoms with Gasteiger partial charge in [0, 0.05) is 37.4 Å². The number of piperidine rings is 1. The zero-order chi connectivity index (χ0) is 21.3. The summed E-state index contributed by atoms with van der Waals surface area (Å²) in [6, 6.07) is 18.7. The van der Waals surface area contributed by atoms with E-state index in [1.807, 2.05) is 30.0 Å². The molecule has 4 heteroatoms. The highest BCUT2D eigenvalue weighted by atomic mass is 16.5. The minimum atomic E-state index is 0.168. The summed E-state index contributed by atoms with van der Waals surface area (Å²) in [6.45, 7) is 13.1. The predicted octanol–water partition coefficient (Wildman–Crippen LogP) is 3.49. The predicted molar refractivity (Wildman–Crippen MR) is 121 cm³/mol. The number of likely N-dealkylation sites (tertiary alicyclic amines) is 1. The van der Waals surface area contributed by atoms with Crippen LogP contribution in [0.2, 0.25) is 0 Å². The number of carbonyl (C=O) groups is 1. The number of benzene rings is 2. The molecular formula is C26H35N2O2+. The van der Waals surface area contributed by atoms with Gasteiger partial charge in [-0.1, -0.05) is 42.5 Å². The summed E-state index contributed by atoms with van der Waals surface area (Å²) in [5.41, 5.74) is 3.54. The Bertz CT molecular complexity index is 809. The number of hydrogen-bond donors (Lipinski definition) is 1. The van der Waals surface area contributed by atoms with E-state index in [0.717, 1.165) is 50.3 Å². The van der Waals surface area contributed by atoms with E-state index in [1.165, 1.54) is 11.1 Å². The van der Waals surface area contributed by atoms with Gasteiger partial charge in [0.25, 0.3) is 0 Å². The lowest BCUT2D eigenvalue weighted by Gasteiger charge is -2.32. The number of ether oxygens (including phenoxy) is 1. The highest BCUT2D eigenvalue weighted by molar-refractivity contribution is 5.79. The molecule has 3 rings (SSSR count). The van der Waals surface area contributed by atoms with Crippen LogP contribution in [-0.2, 0) is 17.9 Å². The van der Waals surface area contributed by atoms with Gasteiger partial charge in [-0.25, -0.2) is 0 Å². The van der Waals surface area contributed by atoms with Crippen LogP contribution in [0.25, 0.3) is 0 Å². The molecule has 0 spiro atoms. The van der Waals surface area contributed by atoms with Gasteiger partial charge in [-0.2, -0.15) is 0 Å².